The first-order chi connectivity index (χ1) is 15.9. The number of pyridine rings is 1. The molecule has 2 heterocycles. The molecule has 1 aliphatic carbocycles. The maximum Gasteiger partial charge on any atom is 0.252 e. The first-order valence-corrected chi connectivity index (χ1v) is 12.4. The lowest BCUT2D eigenvalue weighted by molar-refractivity contribution is -0.133. The van der Waals surface area contributed by atoms with E-state index < -0.39 is 63.2 Å². The number of primary amides is 1. The van der Waals surface area contributed by atoms with Crippen LogP contribution in [0.2, 0.25) is 0 Å². The van der Waals surface area contributed by atoms with Gasteiger partial charge in [0.25, 0.3) is 5.92 Å². The molecule has 0 radical (unpaired) electrons. The lowest BCUT2D eigenvalue weighted by atomic mass is 9.61. The minimum absolute atomic E-state index is 0.373. The van der Waals surface area contributed by atoms with Crippen LogP contribution in [0.15, 0.2) is 48.7 Å². The topological polar surface area (TPSA) is 102 Å². The summed E-state index contributed by atoms with van der Waals surface area (Å²) in [6, 6.07) is 8.81. The zero-order valence-electron chi connectivity index (χ0n) is 18.7. The van der Waals surface area contributed by atoms with Gasteiger partial charge in [-0.15, -0.1) is 0 Å². The number of amides is 1. The highest BCUT2D eigenvalue weighted by atomic mass is 32.2. The van der Waals surface area contributed by atoms with Crippen molar-refractivity contribution in [1.29, 1.82) is 0 Å². The van der Waals surface area contributed by atoms with Gasteiger partial charge in [0.1, 0.15) is 10.6 Å². The van der Waals surface area contributed by atoms with Crippen LogP contribution in [0.4, 0.5) is 13.2 Å². The van der Waals surface area contributed by atoms with Gasteiger partial charge in [-0.3, -0.25) is 9.78 Å². The van der Waals surface area contributed by atoms with Crippen LogP contribution in [-0.2, 0) is 14.8 Å². The Hall–Kier alpha value is -2.72. The van der Waals surface area contributed by atoms with Gasteiger partial charge in [-0.1, -0.05) is 31.2 Å². The number of aromatic nitrogens is 1. The lowest BCUT2D eigenvalue weighted by Gasteiger charge is -2.48. The molecule has 6 nitrogen and oxygen atoms in total. The quantitative estimate of drug-likeness (QED) is 0.662. The van der Waals surface area contributed by atoms with E-state index in [1.807, 2.05) is 0 Å². The van der Waals surface area contributed by atoms with E-state index in [1.54, 1.807) is 49.5 Å². The number of sulfonamides is 1. The van der Waals surface area contributed by atoms with Crippen LogP contribution in [0.5, 0.6) is 0 Å². The van der Waals surface area contributed by atoms with Crippen molar-refractivity contribution >= 4 is 22.0 Å². The van der Waals surface area contributed by atoms with Crippen molar-refractivity contribution in [2.24, 2.45) is 23.5 Å². The molecule has 1 aliphatic heterocycles. The molecule has 1 aromatic heterocycles. The Morgan fingerprint density at radius 2 is 1.97 bits per heavy atom. The largest absolute Gasteiger partial charge is 0.370 e. The van der Waals surface area contributed by atoms with E-state index in [9.17, 15) is 17.6 Å². The number of hydrogen-bond acceptors (Lipinski definition) is 4. The second kappa shape index (κ2) is 8.49. The van der Waals surface area contributed by atoms with Gasteiger partial charge in [0.05, 0.1) is 5.69 Å². The van der Waals surface area contributed by atoms with E-state index >= 15 is 8.78 Å². The van der Waals surface area contributed by atoms with Gasteiger partial charge in [-0.05, 0) is 42.7 Å². The van der Waals surface area contributed by atoms with E-state index in [2.05, 4.69) is 9.71 Å². The Morgan fingerprint density at radius 3 is 2.59 bits per heavy atom. The van der Waals surface area contributed by atoms with E-state index in [-0.39, 0.29) is 5.82 Å². The molecular weight excluding hydrogens is 467 g/mol. The molecule has 0 spiro atoms. The van der Waals surface area contributed by atoms with Gasteiger partial charge in [-0.25, -0.2) is 26.3 Å². The number of hydrogen-bond donors (Lipinski definition) is 2. The van der Waals surface area contributed by atoms with Crippen LogP contribution in [0, 0.1) is 23.6 Å². The normalized spacial score (nSPS) is 31.9. The van der Waals surface area contributed by atoms with Crippen LogP contribution >= 0.6 is 0 Å². The Morgan fingerprint density at radius 1 is 1.24 bits per heavy atom. The van der Waals surface area contributed by atoms with Gasteiger partial charge in [0, 0.05) is 42.5 Å². The summed E-state index contributed by atoms with van der Waals surface area (Å²) in [5.41, 5.74) is 7.13. The fraction of sp³-hybridized carbons (Fsp3) is 0.417. The Balaban J connectivity index is 1.69. The van der Waals surface area contributed by atoms with E-state index in [4.69, 9.17) is 5.73 Å². The average Bonchev–Trinajstić information content (AvgIpc) is 2.92. The molecule has 5 atom stereocenters. The smallest absolute Gasteiger partial charge is 0.252 e. The summed E-state index contributed by atoms with van der Waals surface area (Å²) in [4.78, 5) is 16.1. The third-order valence-corrected chi connectivity index (χ3v) is 9.44. The summed E-state index contributed by atoms with van der Waals surface area (Å²) in [5, 5.41) is 0. The number of halogens is 3. The predicted octanol–water partition coefficient (Wildman–Crippen LogP) is 3.74. The van der Waals surface area contributed by atoms with Crippen molar-refractivity contribution in [1.82, 2.24) is 9.71 Å². The van der Waals surface area contributed by atoms with E-state index in [0.29, 0.717) is 16.8 Å². The van der Waals surface area contributed by atoms with E-state index in [0.717, 1.165) is 0 Å². The summed E-state index contributed by atoms with van der Waals surface area (Å²) >= 11 is 0. The van der Waals surface area contributed by atoms with Crippen LogP contribution in [-0.4, -0.2) is 36.0 Å². The molecule has 34 heavy (non-hydrogen) atoms. The molecule has 1 saturated heterocycles. The number of benzene rings is 1. The van der Waals surface area contributed by atoms with Crippen molar-refractivity contribution < 1.29 is 26.4 Å². The van der Waals surface area contributed by atoms with Crippen molar-refractivity contribution in [3.05, 3.63) is 60.2 Å². The van der Waals surface area contributed by atoms with Crippen molar-refractivity contribution in [3.63, 3.8) is 0 Å². The van der Waals surface area contributed by atoms with Crippen LogP contribution in [0.3, 0.4) is 0 Å². The summed E-state index contributed by atoms with van der Waals surface area (Å²) in [7, 11) is -4.21. The fourth-order valence-electron chi connectivity index (χ4n) is 5.53. The zero-order valence-corrected chi connectivity index (χ0v) is 19.5. The Labute approximate surface area is 196 Å². The number of carbonyl (C=O) groups is 1. The number of allylic oxidation sites excluding steroid dienone is 1. The number of nitrogens with zero attached hydrogens (tertiary/aromatic N) is 1. The van der Waals surface area contributed by atoms with Crippen molar-refractivity contribution in [2.75, 3.05) is 0 Å². The molecule has 1 unspecified atom stereocenters. The molecule has 1 saturated carbocycles. The molecule has 182 valence electrons. The molecule has 0 bridgehead atoms. The molecule has 10 heteroatoms. The standard InChI is InChI=1S/C24H26F3N3O3S/c1-14-20(9-8-19-7-6-17(12-29-19)16-4-3-5-18(25)10-16)22-15(2)30-34(32,33)23(22,11-21(28)31)13-24(14,26)27/h3-10,12,14-15,20,22,30H,11,13H2,1-2H3,(H2,28,31)/b9-8+/t14-,15+,20-,22-,23?/m0/s1. The average molecular weight is 494 g/mol. The molecule has 2 aliphatic rings. The molecule has 2 aromatic rings. The third kappa shape index (κ3) is 4.13. The SMILES string of the molecule is C[C@H]1NS(=O)(=O)C2(CC(N)=O)CC(F)(F)[C@@H](C)[C@H](/C=C/c3ccc(-c4cccc(F)c4)cn3)[C@H]12. The predicted molar refractivity (Wildman–Crippen MR) is 122 cm³/mol. The molecule has 1 aromatic carbocycles. The zero-order chi connectivity index (χ0) is 24.9. The van der Waals surface area contributed by atoms with Crippen LogP contribution < -0.4 is 10.5 Å². The molecule has 3 N–H and O–H groups in total. The number of nitrogens with one attached hydrogen (secondary N) is 1. The number of carbonyl (C=O) groups excluding carboxylic acids is 1. The molecule has 4 rings (SSSR count). The summed E-state index contributed by atoms with van der Waals surface area (Å²) in [5.74, 6) is -7.43. The number of fused-ring (bicyclic) bond motifs is 1. The first-order valence-electron chi connectivity index (χ1n) is 10.9. The minimum atomic E-state index is -4.21. The maximum atomic E-state index is 15.1. The van der Waals surface area contributed by atoms with Gasteiger partial charge in [0.2, 0.25) is 15.9 Å². The van der Waals surface area contributed by atoms with Gasteiger partial charge < -0.3 is 5.73 Å². The Kier molecular flexibility index (Phi) is 6.10. The first kappa shape index (κ1) is 24.4. The third-order valence-electron chi connectivity index (χ3n) is 7.12. The summed E-state index contributed by atoms with van der Waals surface area (Å²) in [6.07, 6.45) is 3.05. The Bertz CT molecular complexity index is 1230. The molecular formula is C24H26F3N3O3S. The van der Waals surface area contributed by atoms with Gasteiger partial charge in [-0.2, -0.15) is 0 Å². The number of nitrogens with two attached hydrogens (primary N) is 1. The van der Waals surface area contributed by atoms with Gasteiger partial charge >= 0.3 is 0 Å². The van der Waals surface area contributed by atoms with E-state index in [1.165, 1.54) is 19.1 Å². The monoisotopic (exact) mass is 493 g/mol. The molecule has 2 fully saturated rings. The fourth-order valence-corrected chi connectivity index (χ4v) is 7.83. The number of alkyl halides is 2. The second-order valence-electron chi connectivity index (χ2n) is 9.29. The number of rotatable bonds is 5. The molecule has 1 amide bonds. The minimum Gasteiger partial charge on any atom is -0.370 e. The second-order valence-corrected chi connectivity index (χ2v) is 11.3. The van der Waals surface area contributed by atoms with Crippen molar-refractivity contribution in [3.8, 4) is 11.1 Å². The lowest BCUT2D eigenvalue weighted by Crippen LogP contribution is -2.58. The summed E-state index contributed by atoms with van der Waals surface area (Å²) < 4.78 is 70.1. The van der Waals surface area contributed by atoms with Crippen molar-refractivity contribution in [2.45, 2.75) is 43.4 Å². The summed E-state index contributed by atoms with van der Waals surface area (Å²) in [6.45, 7) is 3.01. The van der Waals surface area contributed by atoms with Crippen LogP contribution in [0.25, 0.3) is 17.2 Å². The maximum absolute atomic E-state index is 15.1. The highest BCUT2D eigenvalue weighted by Crippen LogP contribution is 2.58. The highest BCUT2D eigenvalue weighted by Gasteiger charge is 2.69. The van der Waals surface area contributed by atoms with Gasteiger partial charge in [0.15, 0.2) is 0 Å². The highest BCUT2D eigenvalue weighted by molar-refractivity contribution is 7.91. The van der Waals surface area contributed by atoms with Crippen LogP contribution in [0.1, 0.15) is 32.4 Å².